The van der Waals surface area contributed by atoms with E-state index in [1.807, 2.05) is 41.5 Å². The molecule has 84 valence electrons. The fourth-order valence-electron chi connectivity index (χ4n) is 1.42. The van der Waals surface area contributed by atoms with E-state index in [9.17, 15) is 4.79 Å². The smallest absolute Gasteiger partial charge is 0.340 e. The highest BCUT2D eigenvalue weighted by molar-refractivity contribution is 7.12. The summed E-state index contributed by atoms with van der Waals surface area (Å²) in [4.78, 5) is 14.1. The van der Waals surface area contributed by atoms with Crippen molar-refractivity contribution in [3.8, 4) is 0 Å². The lowest BCUT2D eigenvalue weighted by Gasteiger charge is -2.19. The first kappa shape index (κ1) is 12.2. The molecule has 0 radical (unpaired) electrons. The van der Waals surface area contributed by atoms with Crippen LogP contribution in [0.5, 0.6) is 0 Å². The summed E-state index contributed by atoms with van der Waals surface area (Å²) in [5, 5.41) is 0. The van der Waals surface area contributed by atoms with E-state index in [-0.39, 0.29) is 5.97 Å². The van der Waals surface area contributed by atoms with Gasteiger partial charge in [-0.25, -0.2) is 4.79 Å². The monoisotopic (exact) mass is 226 g/mol. The molecular weight excluding hydrogens is 208 g/mol. The lowest BCUT2D eigenvalue weighted by molar-refractivity contribution is 0.00686. The second-order valence-corrected chi connectivity index (χ2v) is 6.15. The van der Waals surface area contributed by atoms with E-state index in [2.05, 4.69) is 0 Å². The zero-order valence-electron chi connectivity index (χ0n) is 10.2. The predicted molar refractivity (Wildman–Crippen MR) is 63.7 cm³/mol. The van der Waals surface area contributed by atoms with Gasteiger partial charge in [-0.15, -0.1) is 11.3 Å². The Hall–Kier alpha value is -0.830. The van der Waals surface area contributed by atoms with E-state index < -0.39 is 5.60 Å². The lowest BCUT2D eigenvalue weighted by Crippen LogP contribution is -2.24. The molecule has 0 unspecified atom stereocenters. The highest BCUT2D eigenvalue weighted by Crippen LogP contribution is 2.28. The maximum absolute atomic E-state index is 11.9. The Morgan fingerprint density at radius 2 is 1.67 bits per heavy atom. The van der Waals surface area contributed by atoms with Gasteiger partial charge in [0.1, 0.15) is 5.60 Å². The number of carbonyl (C=O) groups excluding carboxylic acids is 1. The molecule has 0 aliphatic rings. The van der Waals surface area contributed by atoms with Crippen LogP contribution in [0.4, 0.5) is 0 Å². The molecular formula is C12H18O2S. The van der Waals surface area contributed by atoms with Crippen molar-refractivity contribution >= 4 is 17.3 Å². The van der Waals surface area contributed by atoms with Gasteiger partial charge in [0.25, 0.3) is 0 Å². The van der Waals surface area contributed by atoms with E-state index in [0.29, 0.717) is 0 Å². The molecule has 1 aromatic heterocycles. The maximum Gasteiger partial charge on any atom is 0.340 e. The standard InChI is InChI=1S/C12H18O2S/c1-7-8(2)15-9(3)10(7)11(13)14-12(4,5)6/h1-6H3. The van der Waals surface area contributed by atoms with Crippen LogP contribution in [-0.4, -0.2) is 11.6 Å². The molecule has 1 rings (SSSR count). The summed E-state index contributed by atoms with van der Waals surface area (Å²) in [5.41, 5.74) is 1.37. The van der Waals surface area contributed by atoms with Crippen LogP contribution in [0.15, 0.2) is 0 Å². The second-order valence-electron chi connectivity index (χ2n) is 4.72. The zero-order chi connectivity index (χ0) is 11.8. The van der Waals surface area contributed by atoms with Crippen LogP contribution in [-0.2, 0) is 4.74 Å². The van der Waals surface area contributed by atoms with Crippen LogP contribution in [0.25, 0.3) is 0 Å². The first-order valence-corrected chi connectivity index (χ1v) is 5.84. The Kier molecular flexibility index (Phi) is 3.24. The van der Waals surface area contributed by atoms with Crippen molar-refractivity contribution in [2.24, 2.45) is 0 Å². The first-order chi connectivity index (χ1) is 6.72. The van der Waals surface area contributed by atoms with Gasteiger partial charge in [0.15, 0.2) is 0 Å². The van der Waals surface area contributed by atoms with Gasteiger partial charge in [-0.1, -0.05) is 0 Å². The lowest BCUT2D eigenvalue weighted by atomic mass is 10.1. The number of carbonyl (C=O) groups is 1. The second kappa shape index (κ2) is 3.97. The number of rotatable bonds is 1. The first-order valence-electron chi connectivity index (χ1n) is 5.02. The van der Waals surface area contributed by atoms with Gasteiger partial charge in [0, 0.05) is 9.75 Å². The Morgan fingerprint density at radius 1 is 1.13 bits per heavy atom. The van der Waals surface area contributed by atoms with Gasteiger partial charge < -0.3 is 4.74 Å². The van der Waals surface area contributed by atoms with Crippen molar-refractivity contribution in [3.63, 3.8) is 0 Å². The molecule has 0 saturated carbocycles. The molecule has 0 aliphatic carbocycles. The fourth-order valence-corrected chi connectivity index (χ4v) is 2.48. The van der Waals surface area contributed by atoms with Gasteiger partial charge >= 0.3 is 5.97 Å². The predicted octanol–water partition coefficient (Wildman–Crippen LogP) is 3.63. The summed E-state index contributed by atoms with van der Waals surface area (Å²) in [6.45, 7) is 11.6. The molecule has 3 heteroatoms. The SMILES string of the molecule is Cc1sc(C)c(C(=O)OC(C)(C)C)c1C. The van der Waals surface area contributed by atoms with Crippen LogP contribution >= 0.6 is 11.3 Å². The van der Waals surface area contributed by atoms with Crippen LogP contribution in [0, 0.1) is 20.8 Å². The Morgan fingerprint density at radius 3 is 2.00 bits per heavy atom. The third-order valence-corrected chi connectivity index (χ3v) is 3.29. The number of esters is 1. The number of hydrogen-bond acceptors (Lipinski definition) is 3. The van der Waals surface area contributed by atoms with Crippen molar-refractivity contribution in [3.05, 3.63) is 20.9 Å². The van der Waals surface area contributed by atoms with Gasteiger partial charge in [-0.05, 0) is 47.1 Å². The van der Waals surface area contributed by atoms with E-state index in [4.69, 9.17) is 4.74 Å². The highest BCUT2D eigenvalue weighted by atomic mass is 32.1. The molecule has 15 heavy (non-hydrogen) atoms. The third-order valence-electron chi connectivity index (χ3n) is 2.16. The summed E-state index contributed by atoms with van der Waals surface area (Å²) in [6, 6.07) is 0. The van der Waals surface area contributed by atoms with E-state index in [1.54, 1.807) is 11.3 Å². The molecule has 0 aromatic carbocycles. The van der Waals surface area contributed by atoms with E-state index >= 15 is 0 Å². The minimum absolute atomic E-state index is 0.207. The molecule has 0 bridgehead atoms. The summed E-state index contributed by atoms with van der Waals surface area (Å²) in [5.74, 6) is -0.207. The molecule has 2 nitrogen and oxygen atoms in total. The Balaban J connectivity index is 3.02. The van der Waals surface area contributed by atoms with Crippen molar-refractivity contribution in [2.75, 3.05) is 0 Å². The number of hydrogen-bond donors (Lipinski definition) is 0. The van der Waals surface area contributed by atoms with E-state index in [0.717, 1.165) is 16.0 Å². The van der Waals surface area contributed by atoms with Gasteiger partial charge in [0.2, 0.25) is 0 Å². The molecule has 1 aromatic rings. The topological polar surface area (TPSA) is 26.3 Å². The fraction of sp³-hybridized carbons (Fsp3) is 0.583. The molecule has 0 spiro atoms. The van der Waals surface area contributed by atoms with Crippen molar-refractivity contribution in [1.29, 1.82) is 0 Å². The van der Waals surface area contributed by atoms with Crippen molar-refractivity contribution in [2.45, 2.75) is 47.1 Å². The molecule has 1 heterocycles. The highest BCUT2D eigenvalue weighted by Gasteiger charge is 2.23. The van der Waals surface area contributed by atoms with Gasteiger partial charge in [-0.2, -0.15) is 0 Å². The van der Waals surface area contributed by atoms with Crippen molar-refractivity contribution in [1.82, 2.24) is 0 Å². The zero-order valence-corrected chi connectivity index (χ0v) is 11.0. The van der Waals surface area contributed by atoms with Crippen LogP contribution in [0.1, 0.15) is 46.4 Å². The van der Waals surface area contributed by atoms with Crippen LogP contribution in [0.2, 0.25) is 0 Å². The van der Waals surface area contributed by atoms with Gasteiger partial charge in [-0.3, -0.25) is 0 Å². The molecule has 0 aliphatic heterocycles. The van der Waals surface area contributed by atoms with Crippen LogP contribution in [0.3, 0.4) is 0 Å². The number of ether oxygens (including phenoxy) is 1. The largest absolute Gasteiger partial charge is 0.456 e. The molecule has 0 N–H and O–H groups in total. The van der Waals surface area contributed by atoms with Crippen LogP contribution < -0.4 is 0 Å². The Labute approximate surface area is 95.3 Å². The third kappa shape index (κ3) is 2.81. The average molecular weight is 226 g/mol. The summed E-state index contributed by atoms with van der Waals surface area (Å²) in [6.07, 6.45) is 0. The molecule has 0 saturated heterocycles. The quantitative estimate of drug-likeness (QED) is 0.683. The summed E-state index contributed by atoms with van der Waals surface area (Å²) in [7, 11) is 0. The normalized spacial score (nSPS) is 11.6. The molecule has 0 atom stereocenters. The molecule has 0 fully saturated rings. The van der Waals surface area contributed by atoms with E-state index in [1.165, 1.54) is 4.88 Å². The summed E-state index contributed by atoms with van der Waals surface area (Å²) >= 11 is 1.65. The average Bonchev–Trinajstić information content (AvgIpc) is 2.22. The number of thiophene rings is 1. The summed E-state index contributed by atoms with van der Waals surface area (Å²) < 4.78 is 5.37. The number of aryl methyl sites for hydroxylation is 2. The Bertz CT molecular complexity index is 383. The minimum Gasteiger partial charge on any atom is -0.456 e. The van der Waals surface area contributed by atoms with Gasteiger partial charge in [0.05, 0.1) is 5.56 Å². The van der Waals surface area contributed by atoms with Crippen molar-refractivity contribution < 1.29 is 9.53 Å². The maximum atomic E-state index is 11.9. The molecule has 0 amide bonds. The minimum atomic E-state index is -0.425.